The Labute approximate surface area is 102 Å². The van der Waals surface area contributed by atoms with E-state index in [-0.39, 0.29) is 11.9 Å². The summed E-state index contributed by atoms with van der Waals surface area (Å²) in [5.74, 6) is 0.401. The van der Waals surface area contributed by atoms with Crippen molar-refractivity contribution in [3.05, 3.63) is 11.9 Å². The second kappa shape index (κ2) is 6.34. The molecule has 1 unspecified atom stereocenters. The molecule has 0 aliphatic rings. The molecule has 6 heteroatoms. The molecule has 0 aromatic carbocycles. The highest BCUT2D eigenvalue weighted by atomic mass is 16.2. The molecule has 1 aromatic rings. The van der Waals surface area contributed by atoms with E-state index < -0.39 is 0 Å². The zero-order chi connectivity index (χ0) is 12.8. The van der Waals surface area contributed by atoms with Gasteiger partial charge in [-0.3, -0.25) is 4.79 Å². The van der Waals surface area contributed by atoms with Gasteiger partial charge in [0.1, 0.15) is 6.04 Å². The number of hydrogen-bond acceptors (Lipinski definition) is 4. The van der Waals surface area contributed by atoms with E-state index in [0.29, 0.717) is 25.4 Å². The second-order valence-electron chi connectivity index (χ2n) is 4.54. The third kappa shape index (κ3) is 4.14. The van der Waals surface area contributed by atoms with Gasteiger partial charge in [-0.1, -0.05) is 19.1 Å². The van der Waals surface area contributed by atoms with Gasteiger partial charge in [0.25, 0.3) is 0 Å². The molecular weight excluding hydrogens is 218 g/mol. The number of carbonyl (C=O) groups excluding carboxylic acids is 1. The topological polar surface area (TPSA) is 85.8 Å². The zero-order valence-electron chi connectivity index (χ0n) is 10.7. The van der Waals surface area contributed by atoms with Crippen LogP contribution in [0.4, 0.5) is 0 Å². The molecule has 1 heterocycles. The van der Waals surface area contributed by atoms with E-state index in [9.17, 15) is 4.79 Å². The summed E-state index contributed by atoms with van der Waals surface area (Å²) >= 11 is 0. The maximum Gasteiger partial charge on any atom is 0.244 e. The molecule has 1 amide bonds. The standard InChI is InChI=1S/C11H21N5O/c1-8(2)6-13-11(17)9(3)16-7-10(4-5-12)14-15-16/h7-9H,4-6,12H2,1-3H3,(H,13,17). The minimum atomic E-state index is -0.340. The van der Waals surface area contributed by atoms with Crippen LogP contribution in [-0.2, 0) is 11.2 Å². The summed E-state index contributed by atoms with van der Waals surface area (Å²) in [7, 11) is 0. The van der Waals surface area contributed by atoms with Gasteiger partial charge in [0.2, 0.25) is 5.91 Å². The van der Waals surface area contributed by atoms with E-state index in [0.717, 1.165) is 5.69 Å². The van der Waals surface area contributed by atoms with Gasteiger partial charge in [-0.25, -0.2) is 4.68 Å². The highest BCUT2D eigenvalue weighted by Gasteiger charge is 2.16. The van der Waals surface area contributed by atoms with Crippen LogP contribution in [-0.4, -0.2) is 34.0 Å². The van der Waals surface area contributed by atoms with Gasteiger partial charge < -0.3 is 11.1 Å². The van der Waals surface area contributed by atoms with Crippen molar-refractivity contribution in [3.63, 3.8) is 0 Å². The number of rotatable bonds is 6. The van der Waals surface area contributed by atoms with Gasteiger partial charge in [-0.15, -0.1) is 5.10 Å². The lowest BCUT2D eigenvalue weighted by atomic mass is 10.2. The average molecular weight is 239 g/mol. The fraction of sp³-hybridized carbons (Fsp3) is 0.727. The van der Waals surface area contributed by atoms with Crippen molar-refractivity contribution in [1.29, 1.82) is 0 Å². The Hall–Kier alpha value is -1.43. The first-order valence-corrected chi connectivity index (χ1v) is 5.93. The number of nitrogens with one attached hydrogen (secondary N) is 1. The lowest BCUT2D eigenvalue weighted by molar-refractivity contribution is -0.124. The molecule has 1 aromatic heterocycles. The summed E-state index contributed by atoms with van der Waals surface area (Å²) in [6, 6.07) is -0.340. The number of nitrogens with two attached hydrogens (primary N) is 1. The quantitative estimate of drug-likeness (QED) is 0.738. The SMILES string of the molecule is CC(C)CNC(=O)C(C)n1cc(CCN)nn1. The van der Waals surface area contributed by atoms with E-state index in [1.54, 1.807) is 17.8 Å². The molecule has 0 radical (unpaired) electrons. The maximum atomic E-state index is 11.8. The van der Waals surface area contributed by atoms with Crippen LogP contribution < -0.4 is 11.1 Å². The Morgan fingerprint density at radius 2 is 2.24 bits per heavy atom. The Morgan fingerprint density at radius 1 is 1.53 bits per heavy atom. The van der Waals surface area contributed by atoms with Gasteiger partial charge in [0, 0.05) is 19.2 Å². The van der Waals surface area contributed by atoms with E-state index in [4.69, 9.17) is 5.73 Å². The zero-order valence-corrected chi connectivity index (χ0v) is 10.7. The van der Waals surface area contributed by atoms with Crippen LogP contribution in [0.3, 0.4) is 0 Å². The van der Waals surface area contributed by atoms with Gasteiger partial charge >= 0.3 is 0 Å². The van der Waals surface area contributed by atoms with Crippen molar-refractivity contribution in [1.82, 2.24) is 20.3 Å². The molecular formula is C11H21N5O. The normalized spacial score (nSPS) is 12.8. The molecule has 6 nitrogen and oxygen atoms in total. The highest BCUT2D eigenvalue weighted by molar-refractivity contribution is 5.79. The van der Waals surface area contributed by atoms with Crippen molar-refractivity contribution >= 4 is 5.91 Å². The van der Waals surface area contributed by atoms with Gasteiger partial charge in [-0.05, 0) is 19.4 Å². The van der Waals surface area contributed by atoms with Crippen molar-refractivity contribution in [2.75, 3.05) is 13.1 Å². The van der Waals surface area contributed by atoms with E-state index in [1.807, 2.05) is 0 Å². The first-order chi connectivity index (χ1) is 8.04. The number of hydrogen-bond donors (Lipinski definition) is 2. The summed E-state index contributed by atoms with van der Waals surface area (Å²) in [6.07, 6.45) is 2.45. The number of aromatic nitrogens is 3. The molecule has 0 spiro atoms. The molecule has 0 aliphatic carbocycles. The van der Waals surface area contributed by atoms with E-state index in [1.165, 1.54) is 0 Å². The smallest absolute Gasteiger partial charge is 0.244 e. The molecule has 17 heavy (non-hydrogen) atoms. The monoisotopic (exact) mass is 239 g/mol. The molecule has 96 valence electrons. The van der Waals surface area contributed by atoms with Crippen molar-refractivity contribution < 1.29 is 4.79 Å². The Morgan fingerprint density at radius 3 is 2.82 bits per heavy atom. The minimum Gasteiger partial charge on any atom is -0.354 e. The predicted octanol–water partition coefficient (Wildman–Crippen LogP) is 0.113. The summed E-state index contributed by atoms with van der Waals surface area (Å²) in [4.78, 5) is 11.8. The minimum absolute atomic E-state index is 0.0390. The average Bonchev–Trinajstić information content (AvgIpc) is 2.74. The molecule has 0 saturated carbocycles. The molecule has 0 saturated heterocycles. The predicted molar refractivity (Wildman–Crippen MR) is 65.3 cm³/mol. The van der Waals surface area contributed by atoms with Gasteiger partial charge in [0.15, 0.2) is 0 Å². The molecule has 0 bridgehead atoms. The second-order valence-corrected chi connectivity index (χ2v) is 4.54. The van der Waals surface area contributed by atoms with Crippen LogP contribution in [0.25, 0.3) is 0 Å². The molecule has 3 N–H and O–H groups in total. The first-order valence-electron chi connectivity index (χ1n) is 5.93. The molecule has 1 atom stereocenters. The van der Waals surface area contributed by atoms with E-state index >= 15 is 0 Å². The van der Waals surface area contributed by atoms with E-state index in [2.05, 4.69) is 29.5 Å². The number of carbonyl (C=O) groups is 1. The lowest BCUT2D eigenvalue weighted by Crippen LogP contribution is -2.33. The molecule has 0 aliphatic heterocycles. The summed E-state index contributed by atoms with van der Waals surface area (Å²) in [5.41, 5.74) is 6.25. The summed E-state index contributed by atoms with van der Waals surface area (Å²) < 4.78 is 1.57. The van der Waals surface area contributed by atoms with Crippen LogP contribution in [0.1, 0.15) is 32.5 Å². The van der Waals surface area contributed by atoms with Gasteiger partial charge in [-0.2, -0.15) is 0 Å². The Kier molecular flexibility index (Phi) is 5.09. The largest absolute Gasteiger partial charge is 0.354 e. The van der Waals surface area contributed by atoms with Gasteiger partial charge in [0.05, 0.1) is 5.69 Å². The number of nitrogens with zero attached hydrogens (tertiary/aromatic N) is 3. The van der Waals surface area contributed by atoms with Crippen LogP contribution in [0, 0.1) is 5.92 Å². The van der Waals surface area contributed by atoms with Crippen LogP contribution in [0.2, 0.25) is 0 Å². The Balaban J connectivity index is 2.55. The Bertz CT molecular complexity index is 360. The summed E-state index contributed by atoms with van der Waals surface area (Å²) in [5, 5.41) is 10.8. The first kappa shape index (κ1) is 13.6. The van der Waals surface area contributed by atoms with Crippen molar-refractivity contribution in [3.8, 4) is 0 Å². The maximum absolute atomic E-state index is 11.8. The van der Waals surface area contributed by atoms with Crippen molar-refractivity contribution in [2.45, 2.75) is 33.2 Å². The third-order valence-corrected chi connectivity index (χ3v) is 2.42. The highest BCUT2D eigenvalue weighted by Crippen LogP contribution is 2.05. The lowest BCUT2D eigenvalue weighted by Gasteiger charge is -2.13. The van der Waals surface area contributed by atoms with Crippen LogP contribution >= 0.6 is 0 Å². The fourth-order valence-corrected chi connectivity index (χ4v) is 1.34. The van der Waals surface area contributed by atoms with Crippen LogP contribution in [0.5, 0.6) is 0 Å². The van der Waals surface area contributed by atoms with Crippen LogP contribution in [0.15, 0.2) is 6.20 Å². The molecule has 1 rings (SSSR count). The third-order valence-electron chi connectivity index (χ3n) is 2.42. The molecule has 0 fully saturated rings. The summed E-state index contributed by atoms with van der Waals surface area (Å²) in [6.45, 7) is 7.12. The number of amides is 1. The fourth-order valence-electron chi connectivity index (χ4n) is 1.34. The van der Waals surface area contributed by atoms with Crippen molar-refractivity contribution in [2.24, 2.45) is 11.7 Å².